The summed E-state index contributed by atoms with van der Waals surface area (Å²) in [6.45, 7) is 0. The summed E-state index contributed by atoms with van der Waals surface area (Å²) < 4.78 is 4.61. The van der Waals surface area contributed by atoms with Crippen molar-refractivity contribution in [3.63, 3.8) is 0 Å². The fourth-order valence-electron chi connectivity index (χ4n) is 2.16. The Morgan fingerprint density at radius 1 is 0.913 bits per heavy atom. The first kappa shape index (κ1) is 16.2. The summed E-state index contributed by atoms with van der Waals surface area (Å²) in [6, 6.07) is 10.6. The van der Waals surface area contributed by atoms with E-state index in [4.69, 9.17) is 5.11 Å². The molecule has 2 aromatic rings. The monoisotopic (exact) mass is 314 g/mol. The highest BCUT2D eigenvalue weighted by Crippen LogP contribution is 2.18. The van der Waals surface area contributed by atoms with Gasteiger partial charge in [0.05, 0.1) is 23.8 Å². The van der Waals surface area contributed by atoms with Crippen LogP contribution < -0.4 is 0 Å². The first-order chi connectivity index (χ1) is 10.9. The maximum atomic E-state index is 11.4. The Kier molecular flexibility index (Phi) is 4.75. The first-order valence-corrected chi connectivity index (χ1v) is 6.69. The zero-order chi connectivity index (χ0) is 17.0. The van der Waals surface area contributed by atoms with Gasteiger partial charge in [0.25, 0.3) is 0 Å². The minimum absolute atomic E-state index is 0.0538. The van der Waals surface area contributed by atoms with Gasteiger partial charge in [-0.25, -0.2) is 14.4 Å². The Balaban J connectivity index is 2.30. The van der Waals surface area contributed by atoms with Gasteiger partial charge < -0.3 is 14.9 Å². The highest BCUT2D eigenvalue weighted by molar-refractivity contribution is 5.95. The van der Waals surface area contributed by atoms with E-state index in [-0.39, 0.29) is 11.1 Å². The molecule has 2 aromatic carbocycles. The molecule has 6 heteroatoms. The van der Waals surface area contributed by atoms with E-state index in [9.17, 15) is 19.5 Å². The maximum absolute atomic E-state index is 11.4. The van der Waals surface area contributed by atoms with E-state index in [1.165, 1.54) is 19.2 Å². The number of carboxylic acids is 2. The van der Waals surface area contributed by atoms with Gasteiger partial charge in [0.1, 0.15) is 0 Å². The summed E-state index contributed by atoms with van der Waals surface area (Å²) in [4.78, 5) is 33.6. The number of ether oxygens (including phenoxy) is 1. The Morgan fingerprint density at radius 3 is 2.04 bits per heavy atom. The number of carbonyl (C=O) groups is 3. The van der Waals surface area contributed by atoms with Crippen LogP contribution in [0.5, 0.6) is 0 Å². The fourth-order valence-corrected chi connectivity index (χ4v) is 2.16. The van der Waals surface area contributed by atoms with Gasteiger partial charge in [-0.2, -0.15) is 0 Å². The molecule has 2 N–H and O–H groups in total. The van der Waals surface area contributed by atoms with E-state index < -0.39 is 17.9 Å². The molecule has 23 heavy (non-hydrogen) atoms. The van der Waals surface area contributed by atoms with Crippen LogP contribution in [0.2, 0.25) is 0 Å². The number of methoxy groups -OCH3 is 1. The highest BCUT2D eigenvalue weighted by Gasteiger charge is 2.14. The van der Waals surface area contributed by atoms with Crippen molar-refractivity contribution >= 4 is 17.9 Å². The molecule has 0 aliphatic heterocycles. The van der Waals surface area contributed by atoms with Crippen molar-refractivity contribution in [2.45, 2.75) is 6.42 Å². The molecule has 0 unspecified atom stereocenters. The zero-order valence-corrected chi connectivity index (χ0v) is 12.3. The first-order valence-electron chi connectivity index (χ1n) is 6.69. The molecule has 0 amide bonds. The summed E-state index contributed by atoms with van der Waals surface area (Å²) in [5, 5.41) is 18.2. The average Bonchev–Trinajstić information content (AvgIpc) is 2.54. The number of carbonyl (C=O) groups excluding carboxylic acids is 1. The van der Waals surface area contributed by atoms with Crippen LogP contribution in [0.25, 0.3) is 0 Å². The largest absolute Gasteiger partial charge is 0.478 e. The molecule has 0 bridgehead atoms. The van der Waals surface area contributed by atoms with Crippen molar-refractivity contribution < 1.29 is 29.3 Å². The number of hydrogen-bond donors (Lipinski definition) is 2. The number of aromatic carboxylic acids is 2. The molecule has 118 valence electrons. The molecule has 0 spiro atoms. The standard InChI is InChI=1S/C17H14O6/c1-23-17(22)11-4-2-10(3-5-11)8-12-6-7-13(15(18)19)9-14(12)16(20)21/h2-7,9H,8H2,1H3,(H,18,19)(H,20,21). The molecular weight excluding hydrogens is 300 g/mol. The van der Waals surface area contributed by atoms with Crippen LogP contribution in [0.4, 0.5) is 0 Å². The van der Waals surface area contributed by atoms with Gasteiger partial charge in [-0.1, -0.05) is 18.2 Å². The zero-order valence-electron chi connectivity index (χ0n) is 12.3. The van der Waals surface area contributed by atoms with Crippen LogP contribution in [-0.4, -0.2) is 35.2 Å². The van der Waals surface area contributed by atoms with Gasteiger partial charge >= 0.3 is 17.9 Å². The van der Waals surface area contributed by atoms with Gasteiger partial charge in [-0.3, -0.25) is 0 Å². The van der Waals surface area contributed by atoms with E-state index in [1.807, 2.05) is 0 Å². The topological polar surface area (TPSA) is 101 Å². The van der Waals surface area contributed by atoms with Crippen LogP contribution in [0.15, 0.2) is 42.5 Å². The maximum Gasteiger partial charge on any atom is 0.337 e. The second kappa shape index (κ2) is 6.74. The summed E-state index contributed by atoms with van der Waals surface area (Å²) in [6.07, 6.45) is 0.309. The summed E-state index contributed by atoms with van der Waals surface area (Å²) in [5.74, 6) is -2.82. The van der Waals surface area contributed by atoms with Crippen LogP contribution in [-0.2, 0) is 11.2 Å². The lowest BCUT2D eigenvalue weighted by Gasteiger charge is -2.08. The van der Waals surface area contributed by atoms with Crippen LogP contribution in [0.1, 0.15) is 42.2 Å². The fraction of sp³-hybridized carbons (Fsp3) is 0.118. The van der Waals surface area contributed by atoms with Crippen molar-refractivity contribution in [2.24, 2.45) is 0 Å². The molecule has 0 saturated heterocycles. The number of rotatable bonds is 5. The van der Waals surface area contributed by atoms with Gasteiger partial charge in [0, 0.05) is 0 Å². The lowest BCUT2D eigenvalue weighted by atomic mass is 9.97. The Bertz CT molecular complexity index is 761. The van der Waals surface area contributed by atoms with Crippen molar-refractivity contribution in [3.05, 3.63) is 70.3 Å². The quantitative estimate of drug-likeness (QED) is 0.822. The molecule has 0 atom stereocenters. The molecule has 0 aliphatic rings. The smallest absolute Gasteiger partial charge is 0.337 e. The number of esters is 1. The van der Waals surface area contributed by atoms with E-state index in [0.717, 1.165) is 11.6 Å². The second-order valence-electron chi connectivity index (χ2n) is 4.85. The SMILES string of the molecule is COC(=O)c1ccc(Cc2ccc(C(=O)O)cc2C(=O)O)cc1. The van der Waals surface area contributed by atoms with Crippen LogP contribution in [0, 0.1) is 0 Å². The van der Waals surface area contributed by atoms with Crippen LogP contribution >= 0.6 is 0 Å². The van der Waals surface area contributed by atoms with Crippen molar-refractivity contribution in [1.82, 2.24) is 0 Å². The predicted octanol–water partition coefficient (Wildman–Crippen LogP) is 2.46. The number of hydrogen-bond acceptors (Lipinski definition) is 4. The number of carboxylic acid groups (broad SMARTS) is 2. The summed E-state index contributed by atoms with van der Waals surface area (Å²) in [5.41, 5.74) is 1.56. The summed E-state index contributed by atoms with van der Waals surface area (Å²) >= 11 is 0. The van der Waals surface area contributed by atoms with E-state index in [1.54, 1.807) is 24.3 Å². The van der Waals surface area contributed by atoms with Gasteiger partial charge in [0.15, 0.2) is 0 Å². The molecule has 0 fully saturated rings. The number of benzene rings is 2. The third-order valence-corrected chi connectivity index (χ3v) is 3.36. The van der Waals surface area contributed by atoms with E-state index >= 15 is 0 Å². The molecule has 0 aromatic heterocycles. The van der Waals surface area contributed by atoms with E-state index in [2.05, 4.69) is 4.74 Å². The third kappa shape index (κ3) is 3.74. The third-order valence-electron chi connectivity index (χ3n) is 3.36. The highest BCUT2D eigenvalue weighted by atomic mass is 16.5. The molecular formula is C17H14O6. The molecule has 0 saturated carbocycles. The van der Waals surface area contributed by atoms with Gasteiger partial charge in [-0.15, -0.1) is 0 Å². The lowest BCUT2D eigenvalue weighted by molar-refractivity contribution is 0.0599. The molecule has 0 heterocycles. The predicted molar refractivity (Wildman–Crippen MR) is 80.9 cm³/mol. The summed E-state index contributed by atoms with van der Waals surface area (Å²) in [7, 11) is 1.29. The van der Waals surface area contributed by atoms with E-state index in [0.29, 0.717) is 17.5 Å². The molecule has 6 nitrogen and oxygen atoms in total. The lowest BCUT2D eigenvalue weighted by Crippen LogP contribution is -2.07. The van der Waals surface area contributed by atoms with Gasteiger partial charge in [-0.05, 0) is 41.8 Å². The van der Waals surface area contributed by atoms with Crippen molar-refractivity contribution in [1.29, 1.82) is 0 Å². The molecule has 2 rings (SSSR count). The van der Waals surface area contributed by atoms with Gasteiger partial charge in [0.2, 0.25) is 0 Å². The van der Waals surface area contributed by atoms with Crippen molar-refractivity contribution in [3.8, 4) is 0 Å². The minimum atomic E-state index is -1.19. The second-order valence-corrected chi connectivity index (χ2v) is 4.85. The van der Waals surface area contributed by atoms with Crippen LogP contribution in [0.3, 0.4) is 0 Å². The minimum Gasteiger partial charge on any atom is -0.478 e. The molecule has 0 aliphatic carbocycles. The Morgan fingerprint density at radius 2 is 1.52 bits per heavy atom. The molecule has 0 radical (unpaired) electrons. The van der Waals surface area contributed by atoms with Crippen molar-refractivity contribution in [2.75, 3.05) is 7.11 Å². The average molecular weight is 314 g/mol. The normalized spacial score (nSPS) is 10.1. The Hall–Kier alpha value is -3.15. The Labute approximate surface area is 131 Å².